The zero-order valence-electron chi connectivity index (χ0n) is 25.7. The van der Waals surface area contributed by atoms with Crippen molar-refractivity contribution in [1.29, 1.82) is 0 Å². The number of carbonyl (C=O) groups is 2. The Morgan fingerprint density at radius 1 is 0.953 bits per heavy atom. The van der Waals surface area contributed by atoms with E-state index in [1.165, 1.54) is 0 Å². The van der Waals surface area contributed by atoms with Gasteiger partial charge in [0.05, 0.1) is 23.4 Å². The van der Waals surface area contributed by atoms with Gasteiger partial charge in [0.25, 0.3) is 5.91 Å². The second-order valence-electron chi connectivity index (χ2n) is 11.2. The van der Waals surface area contributed by atoms with Crippen molar-refractivity contribution in [2.75, 3.05) is 20.1 Å². The van der Waals surface area contributed by atoms with Gasteiger partial charge in [-0.15, -0.1) is 0 Å². The molecule has 1 aliphatic rings. The van der Waals surface area contributed by atoms with Gasteiger partial charge in [-0.05, 0) is 81.3 Å². The van der Waals surface area contributed by atoms with Crippen LogP contribution < -0.4 is 4.74 Å². The first kappa shape index (κ1) is 31.8. The Bertz CT molecular complexity index is 1480. The minimum absolute atomic E-state index is 0.0778. The molecule has 1 heterocycles. The van der Waals surface area contributed by atoms with E-state index in [0.717, 1.165) is 17.1 Å². The molecule has 0 aliphatic carbocycles. The molecule has 7 nitrogen and oxygen atoms in total. The fraction of sp³-hybridized carbons (Fsp3) is 0.343. The van der Waals surface area contributed by atoms with Gasteiger partial charge < -0.3 is 19.3 Å². The first-order valence-corrected chi connectivity index (χ1v) is 15.0. The Morgan fingerprint density at radius 3 is 2.26 bits per heavy atom. The van der Waals surface area contributed by atoms with Gasteiger partial charge in [0, 0.05) is 36.6 Å². The summed E-state index contributed by atoms with van der Waals surface area (Å²) in [5.41, 5.74) is 2.61. The lowest BCUT2D eigenvalue weighted by molar-refractivity contribution is -0.143. The third-order valence-electron chi connectivity index (χ3n) is 7.11. The van der Waals surface area contributed by atoms with Crippen molar-refractivity contribution in [2.24, 2.45) is 10.9 Å². The number of para-hydroxylation sites is 1. The number of amidine groups is 1. The van der Waals surface area contributed by atoms with E-state index >= 15 is 0 Å². The standard InChI is InChI=1S/C35H40ClN3O4/c1-23(2)33-37-25(5)31(35(41)42-24(3)4)32(27-12-10-13-28(36)22-27)39(33)21-11-20-38(6)34(40)26-16-18-30(19-17-26)43-29-14-8-7-9-15-29/h7-10,12-19,22-24,32H,11,20-21H2,1-6H3. The predicted molar refractivity (Wildman–Crippen MR) is 172 cm³/mol. The van der Waals surface area contributed by atoms with Crippen LogP contribution in [0.4, 0.5) is 0 Å². The maximum Gasteiger partial charge on any atom is 0.338 e. The molecule has 1 aliphatic heterocycles. The highest BCUT2D eigenvalue weighted by molar-refractivity contribution is 6.30. The quantitative estimate of drug-likeness (QED) is 0.209. The summed E-state index contributed by atoms with van der Waals surface area (Å²) in [4.78, 5) is 35.4. The summed E-state index contributed by atoms with van der Waals surface area (Å²) >= 11 is 6.41. The monoisotopic (exact) mass is 601 g/mol. The molecule has 3 aromatic carbocycles. The summed E-state index contributed by atoms with van der Waals surface area (Å²) in [5, 5.41) is 0.589. The first-order valence-electron chi connectivity index (χ1n) is 14.7. The molecule has 0 saturated heterocycles. The molecule has 3 aromatic rings. The fourth-order valence-electron chi connectivity index (χ4n) is 5.14. The van der Waals surface area contributed by atoms with Crippen LogP contribution in [-0.4, -0.2) is 53.8 Å². The highest BCUT2D eigenvalue weighted by atomic mass is 35.5. The molecule has 0 aromatic heterocycles. The van der Waals surface area contributed by atoms with Gasteiger partial charge in [0.2, 0.25) is 0 Å². The van der Waals surface area contributed by atoms with Crippen LogP contribution in [-0.2, 0) is 9.53 Å². The summed E-state index contributed by atoms with van der Waals surface area (Å²) in [6.07, 6.45) is 0.390. The molecule has 0 spiro atoms. The Morgan fingerprint density at radius 2 is 1.63 bits per heavy atom. The number of aliphatic imine (C=N–C) groups is 1. The SMILES string of the molecule is CC1=C(C(=O)OC(C)C)C(c2cccc(Cl)c2)N(CCCN(C)C(=O)c2ccc(Oc3ccccc3)cc2)C(C(C)C)=N1. The Balaban J connectivity index is 1.51. The van der Waals surface area contributed by atoms with Gasteiger partial charge in [-0.3, -0.25) is 4.79 Å². The molecular weight excluding hydrogens is 562 g/mol. The summed E-state index contributed by atoms with van der Waals surface area (Å²) < 4.78 is 11.5. The topological polar surface area (TPSA) is 71.4 Å². The number of amides is 1. The molecule has 0 radical (unpaired) electrons. The first-order chi connectivity index (χ1) is 20.5. The van der Waals surface area contributed by atoms with E-state index in [2.05, 4.69) is 18.7 Å². The van der Waals surface area contributed by atoms with E-state index in [-0.39, 0.29) is 23.9 Å². The van der Waals surface area contributed by atoms with Crippen LogP contribution >= 0.6 is 11.6 Å². The zero-order valence-corrected chi connectivity index (χ0v) is 26.5. The normalized spacial score (nSPS) is 15.0. The van der Waals surface area contributed by atoms with Gasteiger partial charge in [0.1, 0.15) is 17.3 Å². The molecule has 0 saturated carbocycles. The number of hydrogen-bond acceptors (Lipinski definition) is 6. The Hall–Kier alpha value is -4.10. The molecule has 0 N–H and O–H groups in total. The van der Waals surface area contributed by atoms with E-state index in [9.17, 15) is 9.59 Å². The van der Waals surface area contributed by atoms with E-state index < -0.39 is 6.04 Å². The predicted octanol–water partition coefficient (Wildman–Crippen LogP) is 7.93. The lowest BCUT2D eigenvalue weighted by Crippen LogP contribution is -2.44. The minimum Gasteiger partial charge on any atom is -0.459 e. The number of nitrogens with zero attached hydrogens (tertiary/aromatic N) is 3. The summed E-state index contributed by atoms with van der Waals surface area (Å²) in [7, 11) is 1.80. The third-order valence-corrected chi connectivity index (χ3v) is 7.35. The number of ether oxygens (including phenoxy) is 2. The van der Waals surface area contributed by atoms with Gasteiger partial charge in [-0.1, -0.05) is 55.8 Å². The van der Waals surface area contributed by atoms with Gasteiger partial charge in [0.15, 0.2) is 0 Å². The van der Waals surface area contributed by atoms with Crippen LogP contribution in [0.25, 0.3) is 0 Å². The van der Waals surface area contributed by atoms with E-state index in [1.54, 1.807) is 36.2 Å². The van der Waals surface area contributed by atoms with E-state index in [0.29, 0.717) is 47.1 Å². The number of benzene rings is 3. The lowest BCUT2D eigenvalue weighted by Gasteiger charge is -2.40. The Kier molecular flexibility index (Phi) is 10.6. The number of carbonyl (C=O) groups excluding carboxylic acids is 2. The van der Waals surface area contributed by atoms with Crippen molar-refractivity contribution in [2.45, 2.75) is 53.2 Å². The van der Waals surface area contributed by atoms with Crippen LogP contribution in [0.15, 0.2) is 95.1 Å². The number of esters is 1. The molecular formula is C35H40ClN3O4. The Labute approximate surface area is 259 Å². The highest BCUT2D eigenvalue weighted by Gasteiger charge is 2.37. The van der Waals surface area contributed by atoms with Crippen molar-refractivity contribution < 1.29 is 19.1 Å². The van der Waals surface area contributed by atoms with Crippen molar-refractivity contribution >= 4 is 29.3 Å². The van der Waals surface area contributed by atoms with Crippen LogP contribution in [0, 0.1) is 5.92 Å². The third kappa shape index (κ3) is 8.05. The average Bonchev–Trinajstić information content (AvgIpc) is 2.97. The van der Waals surface area contributed by atoms with Crippen LogP contribution in [0.5, 0.6) is 11.5 Å². The molecule has 8 heteroatoms. The maximum atomic E-state index is 13.4. The van der Waals surface area contributed by atoms with Crippen LogP contribution in [0.1, 0.15) is 63.0 Å². The summed E-state index contributed by atoms with van der Waals surface area (Å²) in [6, 6.07) is 23.8. The second-order valence-corrected chi connectivity index (χ2v) is 11.7. The summed E-state index contributed by atoms with van der Waals surface area (Å²) in [6.45, 7) is 10.8. The van der Waals surface area contributed by atoms with E-state index in [1.807, 2.05) is 75.4 Å². The lowest BCUT2D eigenvalue weighted by atomic mass is 9.92. The van der Waals surface area contributed by atoms with Crippen LogP contribution in [0.2, 0.25) is 5.02 Å². The zero-order chi connectivity index (χ0) is 31.1. The second kappa shape index (κ2) is 14.4. The average molecular weight is 602 g/mol. The fourth-order valence-corrected chi connectivity index (χ4v) is 5.34. The van der Waals surface area contributed by atoms with Gasteiger partial charge in [-0.25, -0.2) is 9.79 Å². The van der Waals surface area contributed by atoms with Crippen molar-refractivity contribution in [1.82, 2.24) is 9.80 Å². The summed E-state index contributed by atoms with van der Waals surface area (Å²) in [5.74, 6) is 1.93. The molecule has 0 fully saturated rings. The highest BCUT2D eigenvalue weighted by Crippen LogP contribution is 2.38. The van der Waals surface area contributed by atoms with Gasteiger partial charge >= 0.3 is 5.97 Å². The van der Waals surface area contributed by atoms with Crippen molar-refractivity contribution in [3.05, 3.63) is 106 Å². The molecule has 4 rings (SSSR count). The number of allylic oxidation sites excluding steroid dienone is 1. The van der Waals surface area contributed by atoms with Crippen LogP contribution in [0.3, 0.4) is 0 Å². The minimum atomic E-state index is -0.419. The number of rotatable bonds is 11. The number of hydrogen-bond donors (Lipinski definition) is 0. The molecule has 0 bridgehead atoms. The molecule has 226 valence electrons. The molecule has 1 atom stereocenters. The van der Waals surface area contributed by atoms with Crippen molar-refractivity contribution in [3.63, 3.8) is 0 Å². The van der Waals surface area contributed by atoms with Gasteiger partial charge in [-0.2, -0.15) is 0 Å². The molecule has 43 heavy (non-hydrogen) atoms. The molecule has 1 unspecified atom stereocenters. The number of halogens is 1. The van der Waals surface area contributed by atoms with Crippen molar-refractivity contribution in [3.8, 4) is 11.5 Å². The maximum absolute atomic E-state index is 13.4. The smallest absolute Gasteiger partial charge is 0.338 e. The van der Waals surface area contributed by atoms with E-state index in [4.69, 9.17) is 26.1 Å². The molecule has 1 amide bonds. The largest absolute Gasteiger partial charge is 0.459 e.